The predicted octanol–water partition coefficient (Wildman–Crippen LogP) is 4.94. The molecular weight excluding hydrogens is 412 g/mol. The van der Waals surface area contributed by atoms with Crippen molar-refractivity contribution in [1.29, 1.82) is 0 Å². The van der Waals surface area contributed by atoms with E-state index >= 15 is 0 Å². The molecule has 150 valence electrons. The second kappa shape index (κ2) is 8.26. The third-order valence-corrected chi connectivity index (χ3v) is 4.92. The average Bonchev–Trinajstić information content (AvgIpc) is 3.20. The van der Waals surface area contributed by atoms with E-state index in [2.05, 4.69) is 15.6 Å². The largest absolute Gasteiger partial charge is 0.453 e. The lowest BCUT2D eigenvalue weighted by atomic mass is 10.2. The van der Waals surface area contributed by atoms with E-state index in [0.29, 0.717) is 5.75 Å². The molecule has 0 aliphatic heterocycles. The summed E-state index contributed by atoms with van der Waals surface area (Å²) in [6, 6.07) is 12.3. The Labute approximate surface area is 173 Å². The first kappa shape index (κ1) is 19.5. The van der Waals surface area contributed by atoms with Crippen molar-refractivity contribution in [3.8, 4) is 11.5 Å². The highest BCUT2D eigenvalue weighted by Gasteiger charge is 2.16. The number of hydrogen-bond donors (Lipinski definition) is 2. The minimum absolute atomic E-state index is 0.0434. The van der Waals surface area contributed by atoms with Gasteiger partial charge in [-0.15, -0.1) is 11.3 Å². The Kier molecular flexibility index (Phi) is 5.36. The Morgan fingerprint density at radius 1 is 0.900 bits per heavy atom. The maximum Gasteiger partial charge on any atom is 0.314 e. The van der Waals surface area contributed by atoms with E-state index in [9.17, 15) is 18.4 Å². The van der Waals surface area contributed by atoms with E-state index in [1.807, 2.05) is 11.4 Å². The van der Waals surface area contributed by atoms with E-state index in [-0.39, 0.29) is 17.1 Å². The highest BCUT2D eigenvalue weighted by atomic mass is 32.1. The number of benzene rings is 2. The maximum absolute atomic E-state index is 14.5. The summed E-state index contributed by atoms with van der Waals surface area (Å²) < 4.78 is 34.1. The van der Waals surface area contributed by atoms with Crippen LogP contribution in [0.5, 0.6) is 11.5 Å². The number of ether oxygens (including phenoxy) is 1. The van der Waals surface area contributed by atoms with Crippen LogP contribution in [0.4, 0.5) is 20.2 Å². The molecule has 0 bridgehead atoms. The van der Waals surface area contributed by atoms with Crippen LogP contribution in [0.15, 0.2) is 66.2 Å². The summed E-state index contributed by atoms with van der Waals surface area (Å²) in [5.41, 5.74) is 0.934. The Bertz CT molecular complexity index is 1260. The van der Waals surface area contributed by atoms with Crippen LogP contribution in [0.2, 0.25) is 0 Å². The van der Waals surface area contributed by atoms with E-state index in [1.165, 1.54) is 41.7 Å². The summed E-state index contributed by atoms with van der Waals surface area (Å²) in [5, 5.41) is 6.40. The highest BCUT2D eigenvalue weighted by Crippen LogP contribution is 2.34. The number of hydrogen-bond acceptors (Lipinski definition) is 5. The van der Waals surface area contributed by atoms with Crippen molar-refractivity contribution in [2.75, 3.05) is 10.6 Å². The van der Waals surface area contributed by atoms with Crippen molar-refractivity contribution >= 4 is 44.7 Å². The minimum atomic E-state index is -1.03. The number of anilines is 2. The van der Waals surface area contributed by atoms with Gasteiger partial charge >= 0.3 is 11.8 Å². The molecule has 0 aliphatic rings. The lowest BCUT2D eigenvalue weighted by Gasteiger charge is -2.10. The van der Waals surface area contributed by atoms with Gasteiger partial charge in [0.2, 0.25) is 0 Å². The molecule has 9 heteroatoms. The van der Waals surface area contributed by atoms with Gasteiger partial charge in [0.1, 0.15) is 11.6 Å². The molecule has 2 aromatic heterocycles. The zero-order valence-electron chi connectivity index (χ0n) is 15.2. The number of fused-ring (bicyclic) bond motifs is 1. The lowest BCUT2D eigenvalue weighted by Crippen LogP contribution is -2.29. The van der Waals surface area contributed by atoms with Crippen LogP contribution in [0, 0.1) is 11.6 Å². The number of nitrogens with one attached hydrogen (secondary N) is 2. The van der Waals surface area contributed by atoms with Crippen molar-refractivity contribution in [3.05, 3.63) is 77.8 Å². The second-order valence-corrected chi connectivity index (χ2v) is 7.03. The molecule has 0 aliphatic carbocycles. The fourth-order valence-electron chi connectivity index (χ4n) is 2.65. The Morgan fingerprint density at radius 3 is 2.40 bits per heavy atom. The van der Waals surface area contributed by atoms with Crippen LogP contribution in [0.25, 0.3) is 10.2 Å². The number of rotatable bonds is 4. The summed E-state index contributed by atoms with van der Waals surface area (Å²) in [6.45, 7) is 0. The maximum atomic E-state index is 14.5. The molecule has 2 amide bonds. The summed E-state index contributed by atoms with van der Waals surface area (Å²) in [6.07, 6.45) is 1.56. The number of amides is 2. The SMILES string of the molecule is O=C(Nc1cccc(F)c1)C(=O)Nc1ccc(Oc2ccnc3ccsc23)c(F)c1. The first-order valence-electron chi connectivity index (χ1n) is 8.67. The standard InChI is InChI=1S/C21H13F2N3O3S/c22-12-2-1-3-13(10-12)25-20(27)21(28)26-14-4-5-17(15(23)11-14)29-18-6-8-24-16-7-9-30-19(16)18/h1-11H,(H,25,27)(H,26,28). The predicted molar refractivity (Wildman–Crippen MR) is 110 cm³/mol. The zero-order chi connectivity index (χ0) is 21.1. The van der Waals surface area contributed by atoms with Gasteiger partial charge in [0.15, 0.2) is 11.6 Å². The molecule has 30 heavy (non-hydrogen) atoms. The molecule has 0 fully saturated rings. The quantitative estimate of drug-likeness (QED) is 0.454. The molecule has 0 atom stereocenters. The van der Waals surface area contributed by atoms with Gasteiger partial charge in [0.05, 0.1) is 10.2 Å². The van der Waals surface area contributed by atoms with Gasteiger partial charge in [-0.3, -0.25) is 14.6 Å². The van der Waals surface area contributed by atoms with Crippen molar-refractivity contribution in [2.45, 2.75) is 0 Å². The smallest absolute Gasteiger partial charge is 0.314 e. The zero-order valence-corrected chi connectivity index (χ0v) is 16.0. The molecule has 4 rings (SSSR count). The van der Waals surface area contributed by atoms with Crippen LogP contribution >= 0.6 is 11.3 Å². The molecule has 4 aromatic rings. The molecule has 2 N–H and O–H groups in total. The molecule has 0 spiro atoms. The van der Waals surface area contributed by atoms with Crippen molar-refractivity contribution in [2.24, 2.45) is 0 Å². The number of nitrogens with zero attached hydrogens (tertiary/aromatic N) is 1. The number of pyridine rings is 1. The van der Waals surface area contributed by atoms with Gasteiger partial charge in [-0.05, 0) is 41.8 Å². The Hall–Kier alpha value is -3.85. The van der Waals surface area contributed by atoms with Gasteiger partial charge < -0.3 is 15.4 Å². The third kappa shape index (κ3) is 4.26. The first-order chi connectivity index (χ1) is 14.5. The van der Waals surface area contributed by atoms with Crippen LogP contribution in [0.1, 0.15) is 0 Å². The number of carbonyl (C=O) groups is 2. The molecule has 2 aromatic carbocycles. The van der Waals surface area contributed by atoms with E-state index in [4.69, 9.17) is 4.74 Å². The lowest BCUT2D eigenvalue weighted by molar-refractivity contribution is -0.133. The third-order valence-electron chi connectivity index (χ3n) is 4.01. The van der Waals surface area contributed by atoms with Gasteiger partial charge in [0, 0.05) is 29.7 Å². The topological polar surface area (TPSA) is 80.3 Å². The van der Waals surface area contributed by atoms with E-state index in [1.54, 1.807) is 12.3 Å². The molecular formula is C21H13F2N3O3S. The molecule has 0 unspecified atom stereocenters. The Balaban J connectivity index is 1.44. The molecule has 0 radical (unpaired) electrons. The highest BCUT2D eigenvalue weighted by molar-refractivity contribution is 7.17. The fraction of sp³-hybridized carbons (Fsp3) is 0. The van der Waals surface area contributed by atoms with Crippen LogP contribution in [-0.4, -0.2) is 16.8 Å². The molecule has 6 nitrogen and oxygen atoms in total. The fourth-order valence-corrected chi connectivity index (χ4v) is 3.45. The number of carbonyl (C=O) groups excluding carboxylic acids is 2. The summed E-state index contributed by atoms with van der Waals surface area (Å²) >= 11 is 1.42. The van der Waals surface area contributed by atoms with Crippen LogP contribution in [-0.2, 0) is 9.59 Å². The number of aromatic nitrogens is 1. The van der Waals surface area contributed by atoms with Gasteiger partial charge in [-0.2, -0.15) is 0 Å². The summed E-state index contributed by atoms with van der Waals surface area (Å²) in [7, 11) is 0. The number of halogens is 2. The van der Waals surface area contributed by atoms with Gasteiger partial charge in [-0.1, -0.05) is 6.07 Å². The van der Waals surface area contributed by atoms with Crippen LogP contribution in [0.3, 0.4) is 0 Å². The first-order valence-corrected chi connectivity index (χ1v) is 9.55. The van der Waals surface area contributed by atoms with Crippen LogP contribution < -0.4 is 15.4 Å². The summed E-state index contributed by atoms with van der Waals surface area (Å²) in [5.74, 6) is -2.90. The molecule has 0 saturated heterocycles. The van der Waals surface area contributed by atoms with Gasteiger partial charge in [0.25, 0.3) is 0 Å². The van der Waals surface area contributed by atoms with E-state index < -0.39 is 23.4 Å². The molecule has 0 saturated carbocycles. The minimum Gasteiger partial charge on any atom is -0.453 e. The normalized spacial score (nSPS) is 10.6. The van der Waals surface area contributed by atoms with Crippen molar-refractivity contribution < 1.29 is 23.1 Å². The Morgan fingerprint density at radius 2 is 1.67 bits per heavy atom. The van der Waals surface area contributed by atoms with Crippen molar-refractivity contribution in [3.63, 3.8) is 0 Å². The summed E-state index contributed by atoms with van der Waals surface area (Å²) in [4.78, 5) is 28.2. The average molecular weight is 425 g/mol. The van der Waals surface area contributed by atoms with E-state index in [0.717, 1.165) is 22.3 Å². The van der Waals surface area contributed by atoms with Gasteiger partial charge in [-0.25, -0.2) is 8.78 Å². The monoisotopic (exact) mass is 425 g/mol. The number of thiophene rings is 1. The molecule has 2 heterocycles. The second-order valence-electron chi connectivity index (χ2n) is 6.11. The van der Waals surface area contributed by atoms with Crippen molar-refractivity contribution in [1.82, 2.24) is 4.98 Å².